The highest BCUT2D eigenvalue weighted by Crippen LogP contribution is 2.19. The van der Waals surface area contributed by atoms with E-state index < -0.39 is 0 Å². The van der Waals surface area contributed by atoms with E-state index in [2.05, 4.69) is 25.9 Å². The summed E-state index contributed by atoms with van der Waals surface area (Å²) in [5, 5.41) is 0. The number of nitrogens with zero attached hydrogens (tertiary/aromatic N) is 6. The standard InChI is InChI=1S/C22H26N6O/c1-15-9-16(2)11-19(10-15)22(29)27-7-5-26(6-8-27)20-12-21(24-13-23-20)28-14-25-17(3)18(28)4/h9-14H,5-8H2,1-4H3. The number of anilines is 1. The van der Waals surface area contributed by atoms with Gasteiger partial charge < -0.3 is 9.80 Å². The van der Waals surface area contributed by atoms with Gasteiger partial charge in [0.2, 0.25) is 0 Å². The molecule has 3 heterocycles. The van der Waals surface area contributed by atoms with Crippen LogP contribution in [0.3, 0.4) is 0 Å². The van der Waals surface area contributed by atoms with E-state index >= 15 is 0 Å². The number of hydrogen-bond acceptors (Lipinski definition) is 5. The fraction of sp³-hybridized carbons (Fsp3) is 0.364. The first-order valence-electron chi connectivity index (χ1n) is 9.88. The smallest absolute Gasteiger partial charge is 0.253 e. The van der Waals surface area contributed by atoms with Crippen molar-refractivity contribution in [1.82, 2.24) is 24.4 Å². The largest absolute Gasteiger partial charge is 0.353 e. The lowest BCUT2D eigenvalue weighted by atomic mass is 10.1. The van der Waals surface area contributed by atoms with Crippen LogP contribution < -0.4 is 4.90 Å². The molecule has 150 valence electrons. The lowest BCUT2D eigenvalue weighted by molar-refractivity contribution is 0.0746. The molecule has 7 nitrogen and oxygen atoms in total. The van der Waals surface area contributed by atoms with Crippen LogP contribution in [0, 0.1) is 27.7 Å². The van der Waals surface area contributed by atoms with Crippen molar-refractivity contribution in [2.45, 2.75) is 27.7 Å². The van der Waals surface area contributed by atoms with Gasteiger partial charge in [0, 0.05) is 43.5 Å². The number of benzene rings is 1. The zero-order valence-electron chi connectivity index (χ0n) is 17.4. The minimum atomic E-state index is 0.101. The molecule has 0 N–H and O–H groups in total. The first-order chi connectivity index (χ1) is 13.9. The van der Waals surface area contributed by atoms with Crippen molar-refractivity contribution in [3.63, 3.8) is 0 Å². The first-order valence-corrected chi connectivity index (χ1v) is 9.88. The maximum atomic E-state index is 12.9. The summed E-state index contributed by atoms with van der Waals surface area (Å²) >= 11 is 0. The van der Waals surface area contributed by atoms with Crippen LogP contribution in [-0.4, -0.2) is 56.5 Å². The van der Waals surface area contributed by atoms with Crippen LogP contribution in [-0.2, 0) is 0 Å². The molecule has 1 saturated heterocycles. The molecule has 0 saturated carbocycles. The van der Waals surface area contributed by atoms with Gasteiger partial charge >= 0.3 is 0 Å². The zero-order chi connectivity index (χ0) is 20.5. The fourth-order valence-electron chi connectivity index (χ4n) is 3.79. The van der Waals surface area contributed by atoms with E-state index in [1.165, 1.54) is 0 Å². The van der Waals surface area contributed by atoms with E-state index in [0.29, 0.717) is 13.1 Å². The summed E-state index contributed by atoms with van der Waals surface area (Å²) in [5.74, 6) is 1.78. The Morgan fingerprint density at radius 2 is 1.48 bits per heavy atom. The molecule has 0 unspecified atom stereocenters. The average molecular weight is 390 g/mol. The van der Waals surface area contributed by atoms with Crippen molar-refractivity contribution in [3.05, 3.63) is 65.0 Å². The van der Waals surface area contributed by atoms with E-state index in [1.807, 2.05) is 55.4 Å². The molecular formula is C22H26N6O. The molecule has 3 aromatic rings. The van der Waals surface area contributed by atoms with E-state index in [9.17, 15) is 4.79 Å². The maximum Gasteiger partial charge on any atom is 0.253 e. The lowest BCUT2D eigenvalue weighted by Gasteiger charge is -2.35. The Labute approximate surface area is 171 Å². The molecular weight excluding hydrogens is 364 g/mol. The third-order valence-electron chi connectivity index (χ3n) is 5.50. The summed E-state index contributed by atoms with van der Waals surface area (Å²) < 4.78 is 1.97. The number of carbonyl (C=O) groups is 1. The quantitative estimate of drug-likeness (QED) is 0.688. The Bertz CT molecular complexity index is 1030. The molecule has 1 aromatic carbocycles. The number of aryl methyl sites for hydroxylation is 3. The predicted molar refractivity (Wildman–Crippen MR) is 113 cm³/mol. The number of aromatic nitrogens is 4. The highest BCUT2D eigenvalue weighted by atomic mass is 16.2. The van der Waals surface area contributed by atoms with E-state index in [0.717, 1.165) is 52.8 Å². The van der Waals surface area contributed by atoms with Crippen molar-refractivity contribution in [3.8, 4) is 5.82 Å². The van der Waals surface area contributed by atoms with Crippen molar-refractivity contribution in [2.24, 2.45) is 0 Å². The molecule has 0 atom stereocenters. The van der Waals surface area contributed by atoms with Gasteiger partial charge in [0.05, 0.1) is 5.69 Å². The van der Waals surface area contributed by atoms with Gasteiger partial charge in [-0.25, -0.2) is 15.0 Å². The Morgan fingerprint density at radius 3 is 2.10 bits per heavy atom. The second-order valence-electron chi connectivity index (χ2n) is 7.68. The zero-order valence-corrected chi connectivity index (χ0v) is 17.4. The van der Waals surface area contributed by atoms with Gasteiger partial charge in [-0.2, -0.15) is 0 Å². The van der Waals surface area contributed by atoms with Gasteiger partial charge in [0.25, 0.3) is 5.91 Å². The van der Waals surface area contributed by atoms with E-state index in [1.54, 1.807) is 12.7 Å². The number of hydrogen-bond donors (Lipinski definition) is 0. The van der Waals surface area contributed by atoms with Crippen molar-refractivity contribution in [2.75, 3.05) is 31.1 Å². The maximum absolute atomic E-state index is 12.9. The van der Waals surface area contributed by atoms with Gasteiger partial charge in [0.15, 0.2) is 0 Å². The van der Waals surface area contributed by atoms with Crippen LogP contribution in [0.5, 0.6) is 0 Å². The first kappa shape index (κ1) is 19.1. The molecule has 7 heteroatoms. The average Bonchev–Trinajstić information content (AvgIpc) is 3.05. The van der Waals surface area contributed by atoms with Crippen LogP contribution in [0.15, 0.2) is 36.9 Å². The van der Waals surface area contributed by atoms with Crippen LogP contribution >= 0.6 is 0 Å². The van der Waals surface area contributed by atoms with Gasteiger partial charge in [0.1, 0.15) is 24.3 Å². The molecule has 0 radical (unpaired) electrons. The Balaban J connectivity index is 1.46. The number of rotatable bonds is 3. The SMILES string of the molecule is Cc1cc(C)cc(C(=O)N2CCN(c3cc(-n4cnc(C)c4C)ncn3)CC2)c1. The molecule has 1 aliphatic heterocycles. The minimum absolute atomic E-state index is 0.101. The van der Waals surface area contributed by atoms with E-state index in [4.69, 9.17) is 0 Å². The number of piperazine rings is 1. The number of amides is 1. The van der Waals surface area contributed by atoms with Crippen LogP contribution in [0.4, 0.5) is 5.82 Å². The van der Waals surface area contributed by atoms with Gasteiger partial charge in [-0.15, -0.1) is 0 Å². The molecule has 1 aliphatic rings. The molecule has 0 aliphatic carbocycles. The molecule has 2 aromatic heterocycles. The number of carbonyl (C=O) groups excluding carboxylic acids is 1. The van der Waals surface area contributed by atoms with Gasteiger partial charge in [-0.05, 0) is 39.8 Å². The van der Waals surface area contributed by atoms with E-state index in [-0.39, 0.29) is 5.91 Å². The normalized spacial score (nSPS) is 14.3. The monoisotopic (exact) mass is 390 g/mol. The molecule has 29 heavy (non-hydrogen) atoms. The topological polar surface area (TPSA) is 67.2 Å². The summed E-state index contributed by atoms with van der Waals surface area (Å²) in [4.78, 5) is 30.2. The highest BCUT2D eigenvalue weighted by molar-refractivity contribution is 5.94. The summed E-state index contributed by atoms with van der Waals surface area (Å²) in [6, 6.07) is 8.00. The highest BCUT2D eigenvalue weighted by Gasteiger charge is 2.23. The Morgan fingerprint density at radius 1 is 0.828 bits per heavy atom. The van der Waals surface area contributed by atoms with Crippen molar-refractivity contribution in [1.29, 1.82) is 0 Å². The molecule has 1 amide bonds. The van der Waals surface area contributed by atoms with Crippen LogP contribution in [0.2, 0.25) is 0 Å². The minimum Gasteiger partial charge on any atom is -0.353 e. The van der Waals surface area contributed by atoms with Crippen LogP contribution in [0.1, 0.15) is 32.9 Å². The predicted octanol–water partition coefficient (Wildman–Crippen LogP) is 2.86. The van der Waals surface area contributed by atoms with Gasteiger partial charge in [-0.3, -0.25) is 9.36 Å². The summed E-state index contributed by atoms with van der Waals surface area (Å²) in [5.41, 5.74) is 5.06. The third kappa shape index (κ3) is 3.85. The summed E-state index contributed by atoms with van der Waals surface area (Å²) in [6.45, 7) is 10.9. The second kappa shape index (κ2) is 7.66. The lowest BCUT2D eigenvalue weighted by Crippen LogP contribution is -2.49. The molecule has 0 bridgehead atoms. The molecule has 0 spiro atoms. The fourth-order valence-corrected chi connectivity index (χ4v) is 3.79. The number of imidazole rings is 1. The van der Waals surface area contributed by atoms with Crippen LogP contribution in [0.25, 0.3) is 5.82 Å². The molecule has 1 fully saturated rings. The summed E-state index contributed by atoms with van der Waals surface area (Å²) in [6.07, 6.45) is 3.38. The van der Waals surface area contributed by atoms with Gasteiger partial charge in [-0.1, -0.05) is 17.2 Å². The van der Waals surface area contributed by atoms with Crippen molar-refractivity contribution < 1.29 is 4.79 Å². The Hall–Kier alpha value is -3.22. The second-order valence-corrected chi connectivity index (χ2v) is 7.68. The van der Waals surface area contributed by atoms with Crippen molar-refractivity contribution >= 4 is 11.7 Å². The Kier molecular flexibility index (Phi) is 5.05. The molecule has 4 rings (SSSR count). The summed E-state index contributed by atoms with van der Waals surface area (Å²) in [7, 11) is 0. The third-order valence-corrected chi connectivity index (χ3v) is 5.50.